The number of nitrogens with zero attached hydrogens (tertiary/aromatic N) is 5. The molecule has 0 N–H and O–H groups in total. The number of carbonyl (C=O) groups excluding carboxylic acids is 1. The van der Waals surface area contributed by atoms with Gasteiger partial charge in [0.2, 0.25) is 5.91 Å². The predicted octanol–water partition coefficient (Wildman–Crippen LogP) is 3.14. The second-order valence-corrected chi connectivity index (χ2v) is 8.03. The Morgan fingerprint density at radius 2 is 1.66 bits per heavy atom. The molecule has 4 rings (SSSR count). The van der Waals surface area contributed by atoms with Crippen molar-refractivity contribution in [1.29, 1.82) is 0 Å². The van der Waals surface area contributed by atoms with Gasteiger partial charge in [0.15, 0.2) is 11.6 Å². The number of anilines is 2. The fourth-order valence-corrected chi connectivity index (χ4v) is 4.43. The van der Waals surface area contributed by atoms with Crippen molar-refractivity contribution in [2.24, 2.45) is 0 Å². The molecule has 1 atom stereocenters. The largest absolute Gasteiger partial charge is 0.352 e. The van der Waals surface area contributed by atoms with Gasteiger partial charge in [-0.15, -0.1) is 10.2 Å². The van der Waals surface area contributed by atoms with Crippen LogP contribution in [0.25, 0.3) is 0 Å². The predicted molar refractivity (Wildman–Crippen MR) is 116 cm³/mol. The number of carbonyl (C=O) groups is 1. The Morgan fingerprint density at radius 3 is 2.34 bits per heavy atom. The van der Waals surface area contributed by atoms with E-state index in [9.17, 15) is 4.79 Å². The quantitative estimate of drug-likeness (QED) is 0.781. The lowest BCUT2D eigenvalue weighted by atomic mass is 10.0. The average Bonchev–Trinajstić information content (AvgIpc) is 2.80. The third-order valence-electron chi connectivity index (χ3n) is 6.18. The van der Waals surface area contributed by atoms with Gasteiger partial charge >= 0.3 is 0 Å². The summed E-state index contributed by atoms with van der Waals surface area (Å²) in [7, 11) is 0. The van der Waals surface area contributed by atoms with Crippen molar-refractivity contribution in [3.63, 3.8) is 0 Å². The number of benzene rings is 1. The minimum Gasteiger partial charge on any atom is -0.352 e. The van der Waals surface area contributed by atoms with Crippen LogP contribution in [0.1, 0.15) is 38.2 Å². The molecule has 2 aromatic rings. The Labute approximate surface area is 173 Å². The Morgan fingerprint density at radius 1 is 0.931 bits per heavy atom. The van der Waals surface area contributed by atoms with E-state index >= 15 is 0 Å². The molecule has 2 aliphatic heterocycles. The smallest absolute Gasteiger partial charge is 0.227 e. The Hall–Kier alpha value is -2.63. The maximum absolute atomic E-state index is 12.6. The summed E-state index contributed by atoms with van der Waals surface area (Å²) in [6.07, 6.45) is 5.43. The molecule has 0 bridgehead atoms. The van der Waals surface area contributed by atoms with Crippen molar-refractivity contribution in [2.75, 3.05) is 42.5 Å². The highest BCUT2D eigenvalue weighted by atomic mass is 16.2. The molecule has 2 fully saturated rings. The number of hydrogen-bond acceptors (Lipinski definition) is 5. The third-order valence-corrected chi connectivity index (χ3v) is 6.18. The first-order valence-electron chi connectivity index (χ1n) is 10.9. The number of piperidine rings is 1. The average molecular weight is 394 g/mol. The van der Waals surface area contributed by atoms with E-state index in [1.54, 1.807) is 0 Å². The van der Waals surface area contributed by atoms with Crippen molar-refractivity contribution < 1.29 is 4.79 Å². The number of hydrogen-bond donors (Lipinski definition) is 0. The minimum atomic E-state index is 0.202. The molecule has 29 heavy (non-hydrogen) atoms. The van der Waals surface area contributed by atoms with Gasteiger partial charge in [0.1, 0.15) is 0 Å². The molecular formula is C23H31N5O. The van der Waals surface area contributed by atoms with Gasteiger partial charge < -0.3 is 14.7 Å². The minimum absolute atomic E-state index is 0.202. The van der Waals surface area contributed by atoms with Gasteiger partial charge in [-0.05, 0) is 43.4 Å². The van der Waals surface area contributed by atoms with Gasteiger partial charge in [0, 0.05) is 38.8 Å². The van der Waals surface area contributed by atoms with Gasteiger partial charge in [0.25, 0.3) is 0 Å². The van der Waals surface area contributed by atoms with Crippen LogP contribution < -0.4 is 9.80 Å². The summed E-state index contributed by atoms with van der Waals surface area (Å²) in [5.74, 6) is 2.11. The van der Waals surface area contributed by atoms with E-state index in [1.165, 1.54) is 19.3 Å². The maximum Gasteiger partial charge on any atom is 0.227 e. The zero-order valence-electron chi connectivity index (χ0n) is 17.3. The van der Waals surface area contributed by atoms with E-state index in [4.69, 9.17) is 0 Å². The molecule has 0 spiro atoms. The van der Waals surface area contributed by atoms with E-state index < -0.39 is 0 Å². The van der Waals surface area contributed by atoms with Crippen molar-refractivity contribution in [2.45, 2.75) is 45.1 Å². The van der Waals surface area contributed by atoms with Crippen molar-refractivity contribution >= 4 is 17.5 Å². The molecule has 0 saturated carbocycles. The molecule has 2 aliphatic rings. The van der Waals surface area contributed by atoms with E-state index in [1.807, 2.05) is 35.2 Å². The van der Waals surface area contributed by atoms with Crippen LogP contribution in [0.4, 0.5) is 11.6 Å². The molecule has 3 heterocycles. The highest BCUT2D eigenvalue weighted by molar-refractivity contribution is 5.79. The lowest BCUT2D eigenvalue weighted by molar-refractivity contribution is -0.130. The standard InChI is InChI=1S/C23H31N5O/c1-2-20-10-6-7-13-28(20)22-12-11-21(24-25-22)26-14-16-27(17-15-26)23(29)18-19-8-4-3-5-9-19/h3-5,8-9,11-12,20H,2,6-7,10,13-18H2,1H3. The van der Waals surface area contributed by atoms with Gasteiger partial charge in [0.05, 0.1) is 6.42 Å². The molecule has 1 aromatic carbocycles. The van der Waals surface area contributed by atoms with Crippen LogP contribution in [0, 0.1) is 0 Å². The van der Waals surface area contributed by atoms with E-state index in [0.29, 0.717) is 12.5 Å². The first kappa shape index (κ1) is 19.7. The number of rotatable bonds is 5. The second kappa shape index (κ2) is 9.25. The summed E-state index contributed by atoms with van der Waals surface area (Å²) in [6, 6.07) is 14.8. The van der Waals surface area contributed by atoms with E-state index in [0.717, 1.165) is 56.3 Å². The Kier molecular flexibility index (Phi) is 6.27. The molecule has 0 aliphatic carbocycles. The summed E-state index contributed by atoms with van der Waals surface area (Å²) in [6.45, 7) is 6.40. The zero-order chi connectivity index (χ0) is 20.1. The fraction of sp³-hybridized carbons (Fsp3) is 0.522. The van der Waals surface area contributed by atoms with Crippen LogP contribution in [-0.2, 0) is 11.2 Å². The summed E-state index contributed by atoms with van der Waals surface area (Å²) in [5.41, 5.74) is 1.07. The molecule has 1 unspecified atom stereocenters. The van der Waals surface area contributed by atoms with Gasteiger partial charge in [-0.1, -0.05) is 37.3 Å². The van der Waals surface area contributed by atoms with Gasteiger partial charge in [-0.3, -0.25) is 4.79 Å². The highest BCUT2D eigenvalue weighted by Crippen LogP contribution is 2.25. The molecule has 6 heteroatoms. The summed E-state index contributed by atoms with van der Waals surface area (Å²) in [5, 5.41) is 9.05. The van der Waals surface area contributed by atoms with Crippen LogP contribution in [0.3, 0.4) is 0 Å². The Bertz CT molecular complexity index is 787. The number of amides is 1. The van der Waals surface area contributed by atoms with E-state index in [2.05, 4.69) is 39.1 Å². The molecule has 1 aromatic heterocycles. The Balaban J connectivity index is 1.32. The molecule has 1 amide bonds. The maximum atomic E-state index is 12.6. The topological polar surface area (TPSA) is 52.6 Å². The van der Waals surface area contributed by atoms with Crippen LogP contribution in [-0.4, -0.2) is 59.8 Å². The number of aromatic nitrogens is 2. The number of piperazine rings is 1. The lowest BCUT2D eigenvalue weighted by Gasteiger charge is -2.37. The fourth-order valence-electron chi connectivity index (χ4n) is 4.43. The molecule has 6 nitrogen and oxygen atoms in total. The van der Waals surface area contributed by atoms with E-state index in [-0.39, 0.29) is 5.91 Å². The van der Waals surface area contributed by atoms with Crippen molar-refractivity contribution in [3.05, 3.63) is 48.0 Å². The molecular weight excluding hydrogens is 362 g/mol. The summed E-state index contributed by atoms with van der Waals surface area (Å²) in [4.78, 5) is 19.2. The van der Waals surface area contributed by atoms with Gasteiger partial charge in [-0.2, -0.15) is 0 Å². The SMILES string of the molecule is CCC1CCCCN1c1ccc(N2CCN(C(=O)Cc3ccccc3)CC2)nn1. The lowest BCUT2D eigenvalue weighted by Crippen LogP contribution is -2.49. The normalized spacial score (nSPS) is 20.0. The van der Waals surface area contributed by atoms with Crippen molar-refractivity contribution in [3.8, 4) is 0 Å². The van der Waals surface area contributed by atoms with Crippen molar-refractivity contribution in [1.82, 2.24) is 15.1 Å². The summed E-state index contributed by atoms with van der Waals surface area (Å²) < 4.78 is 0. The summed E-state index contributed by atoms with van der Waals surface area (Å²) >= 11 is 0. The van der Waals surface area contributed by atoms with Crippen LogP contribution in [0.15, 0.2) is 42.5 Å². The highest BCUT2D eigenvalue weighted by Gasteiger charge is 2.24. The first-order chi connectivity index (χ1) is 14.2. The van der Waals surface area contributed by atoms with Crippen LogP contribution in [0.2, 0.25) is 0 Å². The third kappa shape index (κ3) is 4.69. The second-order valence-electron chi connectivity index (χ2n) is 8.03. The van der Waals surface area contributed by atoms with Crippen LogP contribution >= 0.6 is 0 Å². The van der Waals surface area contributed by atoms with Crippen LogP contribution in [0.5, 0.6) is 0 Å². The molecule has 0 radical (unpaired) electrons. The molecule has 154 valence electrons. The zero-order valence-corrected chi connectivity index (χ0v) is 17.3. The monoisotopic (exact) mass is 393 g/mol. The first-order valence-corrected chi connectivity index (χ1v) is 10.9. The molecule has 2 saturated heterocycles. The van der Waals surface area contributed by atoms with Gasteiger partial charge in [-0.25, -0.2) is 0 Å².